The van der Waals surface area contributed by atoms with Crippen LogP contribution in [0, 0.1) is 10.1 Å². The summed E-state index contributed by atoms with van der Waals surface area (Å²) >= 11 is 7.01. The maximum absolute atomic E-state index is 10.6. The van der Waals surface area contributed by atoms with E-state index in [1.54, 1.807) is 12.1 Å². The number of benzene rings is 2. The Morgan fingerprint density at radius 2 is 1.56 bits per heavy atom. The largest absolute Gasteiger partial charge is 0.269 e. The number of rotatable bonds is 3. The molecule has 5 heteroatoms. The van der Waals surface area contributed by atoms with Crippen molar-refractivity contribution in [1.29, 1.82) is 0 Å². The van der Waals surface area contributed by atoms with Gasteiger partial charge in [-0.2, -0.15) is 0 Å². The highest BCUT2D eigenvalue weighted by molar-refractivity contribution is 9.11. The normalized spacial score (nSPS) is 10.3. The number of hydrogen-bond donors (Lipinski definition) is 0. The van der Waals surface area contributed by atoms with Crippen LogP contribution in [0.25, 0.3) is 0 Å². The molecule has 0 saturated carbocycles. The van der Waals surface area contributed by atoms with E-state index in [1.165, 1.54) is 12.1 Å². The molecule has 92 valence electrons. The van der Waals surface area contributed by atoms with Crippen LogP contribution < -0.4 is 0 Å². The van der Waals surface area contributed by atoms with Gasteiger partial charge in [-0.15, -0.1) is 0 Å². The summed E-state index contributed by atoms with van der Waals surface area (Å²) < 4.78 is 2.05. The Morgan fingerprint density at radius 3 is 2.06 bits per heavy atom. The lowest BCUT2D eigenvalue weighted by molar-refractivity contribution is -0.384. The first-order valence-electron chi connectivity index (χ1n) is 5.24. The molecule has 3 nitrogen and oxygen atoms in total. The van der Waals surface area contributed by atoms with Gasteiger partial charge in [-0.25, -0.2) is 0 Å². The molecule has 18 heavy (non-hydrogen) atoms. The van der Waals surface area contributed by atoms with Crippen LogP contribution in [0.4, 0.5) is 5.69 Å². The predicted molar refractivity (Wildman–Crippen MR) is 77.7 cm³/mol. The molecule has 0 aliphatic heterocycles. The van der Waals surface area contributed by atoms with Gasteiger partial charge < -0.3 is 0 Å². The maximum atomic E-state index is 10.6. The summed E-state index contributed by atoms with van der Waals surface area (Å²) in [4.78, 5) is 10.2. The smallest absolute Gasteiger partial charge is 0.258 e. The van der Waals surface area contributed by atoms with E-state index < -0.39 is 4.92 Å². The number of halogens is 2. The molecule has 2 aromatic rings. The van der Waals surface area contributed by atoms with Crippen LogP contribution in [0.3, 0.4) is 0 Å². The van der Waals surface area contributed by atoms with E-state index in [-0.39, 0.29) is 5.69 Å². The second kappa shape index (κ2) is 5.63. The van der Waals surface area contributed by atoms with Crippen LogP contribution >= 0.6 is 31.9 Å². The van der Waals surface area contributed by atoms with Gasteiger partial charge in [-0.3, -0.25) is 10.1 Å². The van der Waals surface area contributed by atoms with Crippen molar-refractivity contribution < 1.29 is 4.92 Å². The van der Waals surface area contributed by atoms with Crippen molar-refractivity contribution in [2.24, 2.45) is 0 Å². The minimum Gasteiger partial charge on any atom is -0.258 e. The van der Waals surface area contributed by atoms with Crippen molar-refractivity contribution in [3.05, 3.63) is 72.7 Å². The average molecular weight is 371 g/mol. The first kappa shape index (κ1) is 13.2. The van der Waals surface area contributed by atoms with Crippen LogP contribution in [0.5, 0.6) is 0 Å². The third-order valence-electron chi connectivity index (χ3n) is 2.59. The van der Waals surface area contributed by atoms with Gasteiger partial charge in [0.25, 0.3) is 5.69 Å². The van der Waals surface area contributed by atoms with Gasteiger partial charge in [0.2, 0.25) is 0 Å². The molecule has 2 rings (SSSR count). The minimum atomic E-state index is -0.391. The first-order chi connectivity index (χ1) is 8.58. The number of hydrogen-bond acceptors (Lipinski definition) is 2. The van der Waals surface area contributed by atoms with Crippen LogP contribution in [0.2, 0.25) is 0 Å². The van der Waals surface area contributed by atoms with Crippen molar-refractivity contribution in [3.8, 4) is 0 Å². The minimum absolute atomic E-state index is 0.116. The van der Waals surface area contributed by atoms with E-state index in [2.05, 4.69) is 31.9 Å². The molecular weight excluding hydrogens is 362 g/mol. The standard InChI is InChI=1S/C13H9Br2NO2/c14-12-2-1-3-13(15)11(12)8-9-4-6-10(7-5-9)16(17)18/h1-7H,8H2. The predicted octanol–water partition coefficient (Wildman–Crippen LogP) is 4.71. The molecule has 0 saturated heterocycles. The van der Waals surface area contributed by atoms with Crippen LogP contribution in [0.1, 0.15) is 11.1 Å². The van der Waals surface area contributed by atoms with Crippen molar-refractivity contribution in [1.82, 2.24) is 0 Å². The Bertz CT molecular complexity index is 562. The fraction of sp³-hybridized carbons (Fsp3) is 0.0769. The summed E-state index contributed by atoms with van der Waals surface area (Å²) in [6.07, 6.45) is 0.722. The van der Waals surface area contributed by atoms with E-state index in [1.807, 2.05) is 18.2 Å². The van der Waals surface area contributed by atoms with E-state index >= 15 is 0 Å². The lowest BCUT2D eigenvalue weighted by Crippen LogP contribution is -1.93. The number of non-ortho nitro benzene ring substituents is 1. The molecule has 0 spiro atoms. The molecule has 0 unspecified atom stereocenters. The molecule has 0 atom stereocenters. The Balaban J connectivity index is 2.26. The average Bonchev–Trinajstić information content (AvgIpc) is 2.34. The lowest BCUT2D eigenvalue weighted by atomic mass is 10.0. The highest BCUT2D eigenvalue weighted by Gasteiger charge is 2.08. The Morgan fingerprint density at radius 1 is 1.00 bits per heavy atom. The van der Waals surface area contributed by atoms with Crippen molar-refractivity contribution in [2.75, 3.05) is 0 Å². The Kier molecular flexibility index (Phi) is 4.14. The van der Waals surface area contributed by atoms with Crippen LogP contribution in [-0.4, -0.2) is 4.92 Å². The lowest BCUT2D eigenvalue weighted by Gasteiger charge is -2.07. The summed E-state index contributed by atoms with van der Waals surface area (Å²) in [5.74, 6) is 0. The summed E-state index contributed by atoms with van der Waals surface area (Å²) in [5.41, 5.74) is 2.28. The molecule has 0 aliphatic carbocycles. The van der Waals surface area contributed by atoms with Gasteiger partial charge in [0, 0.05) is 21.1 Å². The van der Waals surface area contributed by atoms with Gasteiger partial charge in [-0.1, -0.05) is 50.1 Å². The molecule has 0 radical (unpaired) electrons. The van der Waals surface area contributed by atoms with E-state index in [0.29, 0.717) is 0 Å². The molecule has 0 N–H and O–H groups in total. The summed E-state index contributed by atoms with van der Waals surface area (Å²) in [5, 5.41) is 10.6. The van der Waals surface area contributed by atoms with Crippen LogP contribution in [-0.2, 0) is 6.42 Å². The fourth-order valence-electron chi connectivity index (χ4n) is 1.64. The van der Waals surface area contributed by atoms with Crippen molar-refractivity contribution >= 4 is 37.5 Å². The third-order valence-corrected chi connectivity index (χ3v) is 4.08. The topological polar surface area (TPSA) is 43.1 Å². The van der Waals surface area contributed by atoms with Gasteiger partial charge in [-0.05, 0) is 29.7 Å². The molecular formula is C13H9Br2NO2. The second-order valence-electron chi connectivity index (χ2n) is 3.80. The molecule has 0 bridgehead atoms. The zero-order valence-corrected chi connectivity index (χ0v) is 12.4. The third kappa shape index (κ3) is 2.97. The molecule has 0 amide bonds. The molecule has 2 aromatic carbocycles. The monoisotopic (exact) mass is 369 g/mol. The van der Waals surface area contributed by atoms with Gasteiger partial charge >= 0.3 is 0 Å². The number of nitro groups is 1. The maximum Gasteiger partial charge on any atom is 0.269 e. The molecule has 0 heterocycles. The van der Waals surface area contributed by atoms with Gasteiger partial charge in [0.1, 0.15) is 0 Å². The second-order valence-corrected chi connectivity index (χ2v) is 5.51. The Hall–Kier alpha value is -1.20. The fourth-order valence-corrected chi connectivity index (χ4v) is 2.92. The van der Waals surface area contributed by atoms with E-state index in [0.717, 1.165) is 26.5 Å². The highest BCUT2D eigenvalue weighted by Crippen LogP contribution is 2.28. The van der Waals surface area contributed by atoms with Crippen molar-refractivity contribution in [2.45, 2.75) is 6.42 Å². The zero-order chi connectivity index (χ0) is 13.1. The number of nitro benzene ring substituents is 1. The molecule has 0 aliphatic rings. The first-order valence-corrected chi connectivity index (χ1v) is 6.83. The Labute approximate surface area is 121 Å². The summed E-state index contributed by atoms with van der Waals surface area (Å²) in [6, 6.07) is 12.5. The van der Waals surface area contributed by atoms with Gasteiger partial charge in [0.05, 0.1) is 4.92 Å². The number of nitrogens with zero attached hydrogens (tertiary/aromatic N) is 1. The quantitative estimate of drug-likeness (QED) is 0.580. The van der Waals surface area contributed by atoms with Crippen molar-refractivity contribution in [3.63, 3.8) is 0 Å². The zero-order valence-electron chi connectivity index (χ0n) is 9.27. The highest BCUT2D eigenvalue weighted by atomic mass is 79.9. The molecule has 0 fully saturated rings. The van der Waals surface area contributed by atoms with Crippen LogP contribution in [0.15, 0.2) is 51.4 Å². The SMILES string of the molecule is O=[N+]([O-])c1ccc(Cc2c(Br)cccc2Br)cc1. The van der Waals surface area contributed by atoms with E-state index in [4.69, 9.17) is 0 Å². The summed E-state index contributed by atoms with van der Waals surface area (Å²) in [7, 11) is 0. The summed E-state index contributed by atoms with van der Waals surface area (Å²) in [6.45, 7) is 0. The van der Waals surface area contributed by atoms with E-state index in [9.17, 15) is 10.1 Å². The van der Waals surface area contributed by atoms with Gasteiger partial charge in [0.15, 0.2) is 0 Å². The molecule has 0 aromatic heterocycles.